The number of rotatable bonds is 3. The Morgan fingerprint density at radius 1 is 1.68 bits per heavy atom. The topological polar surface area (TPSA) is 77.2 Å². The van der Waals surface area contributed by atoms with Gasteiger partial charge in [-0.05, 0) is 31.4 Å². The van der Waals surface area contributed by atoms with Crippen LogP contribution in [0.5, 0.6) is 0 Å². The van der Waals surface area contributed by atoms with E-state index in [4.69, 9.17) is 5.26 Å². The van der Waals surface area contributed by atoms with Gasteiger partial charge in [0.25, 0.3) is 0 Å². The fourth-order valence-corrected chi connectivity index (χ4v) is 2.69. The second kappa shape index (κ2) is 5.27. The van der Waals surface area contributed by atoms with Gasteiger partial charge in [-0.15, -0.1) is 0 Å². The van der Waals surface area contributed by atoms with Crippen LogP contribution in [0.1, 0.15) is 31.9 Å². The third kappa shape index (κ3) is 2.39. The lowest BCUT2D eigenvalue weighted by molar-refractivity contribution is -0.149. The first-order valence-electron chi connectivity index (χ1n) is 6.46. The number of carboxylic acid groups (broad SMARTS) is 1. The van der Waals surface area contributed by atoms with E-state index in [1.807, 2.05) is 17.9 Å². The van der Waals surface area contributed by atoms with Crippen LogP contribution in [0.3, 0.4) is 0 Å². The van der Waals surface area contributed by atoms with Gasteiger partial charge < -0.3 is 10.0 Å². The first-order valence-corrected chi connectivity index (χ1v) is 6.46. The molecular formula is C14H17N3O2. The second-order valence-electron chi connectivity index (χ2n) is 4.95. The Morgan fingerprint density at radius 3 is 3.11 bits per heavy atom. The minimum Gasteiger partial charge on any atom is -0.481 e. The third-order valence-electron chi connectivity index (χ3n) is 3.94. The molecule has 1 aromatic rings. The maximum atomic E-state index is 11.5. The van der Waals surface area contributed by atoms with E-state index in [2.05, 4.69) is 11.1 Å². The average Bonchev–Trinajstić information content (AvgIpc) is 2.47. The molecule has 0 aromatic carbocycles. The van der Waals surface area contributed by atoms with Crippen LogP contribution in [-0.4, -0.2) is 29.1 Å². The zero-order valence-corrected chi connectivity index (χ0v) is 11.0. The molecule has 1 unspecified atom stereocenters. The lowest BCUT2D eigenvalue weighted by atomic mass is 9.77. The molecule has 0 amide bonds. The SMILES string of the molecule is CCC1(C(=O)O)CCCN(c2cccnc2C#N)C1. The minimum atomic E-state index is -0.748. The van der Waals surface area contributed by atoms with Gasteiger partial charge in [0.1, 0.15) is 6.07 Å². The number of piperidine rings is 1. The summed E-state index contributed by atoms with van der Waals surface area (Å²) in [5, 5.41) is 18.6. The molecule has 0 bridgehead atoms. The van der Waals surface area contributed by atoms with E-state index in [0.717, 1.165) is 18.7 Å². The van der Waals surface area contributed by atoms with Gasteiger partial charge in [0, 0.05) is 19.3 Å². The molecule has 1 aliphatic rings. The van der Waals surface area contributed by atoms with Gasteiger partial charge in [-0.1, -0.05) is 6.92 Å². The van der Waals surface area contributed by atoms with Crippen molar-refractivity contribution in [1.82, 2.24) is 4.98 Å². The summed E-state index contributed by atoms with van der Waals surface area (Å²) < 4.78 is 0. The highest BCUT2D eigenvalue weighted by Gasteiger charge is 2.41. The first-order chi connectivity index (χ1) is 9.13. The van der Waals surface area contributed by atoms with Crippen LogP contribution in [0.25, 0.3) is 0 Å². The van der Waals surface area contributed by atoms with Crippen LogP contribution in [0.15, 0.2) is 18.3 Å². The molecule has 1 atom stereocenters. The summed E-state index contributed by atoms with van der Waals surface area (Å²) in [4.78, 5) is 17.6. The van der Waals surface area contributed by atoms with E-state index in [0.29, 0.717) is 25.1 Å². The lowest BCUT2D eigenvalue weighted by Gasteiger charge is -2.40. The van der Waals surface area contributed by atoms with Crippen LogP contribution in [-0.2, 0) is 4.79 Å². The van der Waals surface area contributed by atoms with E-state index in [1.165, 1.54) is 0 Å². The van der Waals surface area contributed by atoms with Crippen molar-refractivity contribution < 1.29 is 9.90 Å². The van der Waals surface area contributed by atoms with Crippen molar-refractivity contribution in [2.24, 2.45) is 5.41 Å². The molecule has 0 radical (unpaired) electrons. The van der Waals surface area contributed by atoms with Crippen LogP contribution in [0, 0.1) is 16.7 Å². The highest BCUT2D eigenvalue weighted by molar-refractivity contribution is 5.76. The Labute approximate surface area is 112 Å². The molecular weight excluding hydrogens is 242 g/mol. The molecule has 5 heteroatoms. The van der Waals surface area contributed by atoms with E-state index >= 15 is 0 Å². The quantitative estimate of drug-likeness (QED) is 0.898. The van der Waals surface area contributed by atoms with E-state index in [9.17, 15) is 9.90 Å². The molecule has 0 spiro atoms. The van der Waals surface area contributed by atoms with Crippen LogP contribution in [0.2, 0.25) is 0 Å². The molecule has 1 aromatic heterocycles. The van der Waals surface area contributed by atoms with Crippen molar-refractivity contribution in [2.45, 2.75) is 26.2 Å². The predicted molar refractivity (Wildman–Crippen MR) is 70.8 cm³/mol. The molecule has 1 saturated heterocycles. The van der Waals surface area contributed by atoms with Crippen molar-refractivity contribution in [3.05, 3.63) is 24.0 Å². The maximum Gasteiger partial charge on any atom is 0.311 e. The minimum absolute atomic E-state index is 0.361. The molecule has 100 valence electrons. The van der Waals surface area contributed by atoms with Gasteiger partial charge in [0.2, 0.25) is 0 Å². The lowest BCUT2D eigenvalue weighted by Crippen LogP contribution is -2.47. The van der Waals surface area contributed by atoms with E-state index in [-0.39, 0.29) is 0 Å². The Bertz CT molecular complexity index is 524. The first kappa shape index (κ1) is 13.3. The summed E-state index contributed by atoms with van der Waals surface area (Å²) in [5.41, 5.74) is 0.393. The smallest absolute Gasteiger partial charge is 0.311 e. The number of pyridine rings is 1. The Balaban J connectivity index is 2.32. The van der Waals surface area contributed by atoms with Gasteiger partial charge >= 0.3 is 5.97 Å². The normalized spacial score (nSPS) is 22.8. The standard InChI is InChI=1S/C14H17N3O2/c1-2-14(13(18)19)6-4-8-17(10-14)12-5-3-7-16-11(12)9-15/h3,5,7H,2,4,6,8,10H2,1H3,(H,18,19). The van der Waals surface area contributed by atoms with Crippen LogP contribution < -0.4 is 4.90 Å². The van der Waals surface area contributed by atoms with E-state index < -0.39 is 11.4 Å². The van der Waals surface area contributed by atoms with Crippen LogP contribution >= 0.6 is 0 Å². The molecule has 0 aliphatic carbocycles. The second-order valence-corrected chi connectivity index (χ2v) is 4.95. The molecule has 0 saturated carbocycles. The van der Waals surface area contributed by atoms with Crippen molar-refractivity contribution >= 4 is 11.7 Å². The number of anilines is 1. The summed E-state index contributed by atoms with van der Waals surface area (Å²) in [6.07, 6.45) is 3.69. The fraction of sp³-hybridized carbons (Fsp3) is 0.500. The highest BCUT2D eigenvalue weighted by atomic mass is 16.4. The summed E-state index contributed by atoms with van der Waals surface area (Å²) in [6.45, 7) is 3.13. The number of carbonyl (C=O) groups is 1. The monoisotopic (exact) mass is 259 g/mol. The highest BCUT2D eigenvalue weighted by Crippen LogP contribution is 2.36. The number of carboxylic acids is 1. The van der Waals surface area contributed by atoms with Crippen molar-refractivity contribution in [1.29, 1.82) is 5.26 Å². The van der Waals surface area contributed by atoms with Crippen molar-refractivity contribution in [3.63, 3.8) is 0 Å². The van der Waals surface area contributed by atoms with Crippen LogP contribution in [0.4, 0.5) is 5.69 Å². The van der Waals surface area contributed by atoms with Gasteiger partial charge in [-0.25, -0.2) is 4.98 Å². The number of nitriles is 1. The van der Waals surface area contributed by atoms with Crippen molar-refractivity contribution in [3.8, 4) is 6.07 Å². The molecule has 5 nitrogen and oxygen atoms in total. The third-order valence-corrected chi connectivity index (χ3v) is 3.94. The number of nitrogens with zero attached hydrogens (tertiary/aromatic N) is 3. The van der Waals surface area contributed by atoms with Crippen molar-refractivity contribution in [2.75, 3.05) is 18.0 Å². The summed E-state index contributed by atoms with van der Waals surface area (Å²) in [7, 11) is 0. The number of aromatic nitrogens is 1. The molecule has 2 rings (SSSR count). The summed E-state index contributed by atoms with van der Waals surface area (Å²) in [6, 6.07) is 5.68. The molecule has 19 heavy (non-hydrogen) atoms. The zero-order chi connectivity index (χ0) is 13.9. The van der Waals surface area contributed by atoms with E-state index in [1.54, 1.807) is 12.3 Å². The largest absolute Gasteiger partial charge is 0.481 e. The summed E-state index contributed by atoms with van der Waals surface area (Å²) in [5.74, 6) is -0.748. The Morgan fingerprint density at radius 2 is 2.47 bits per heavy atom. The van der Waals surface area contributed by atoms with Gasteiger partial charge in [0.05, 0.1) is 11.1 Å². The fourth-order valence-electron chi connectivity index (χ4n) is 2.69. The molecule has 2 heterocycles. The summed E-state index contributed by atoms with van der Waals surface area (Å²) >= 11 is 0. The number of aliphatic carboxylic acids is 1. The Hall–Kier alpha value is -2.09. The molecule has 1 N–H and O–H groups in total. The average molecular weight is 259 g/mol. The Kier molecular flexibility index (Phi) is 3.70. The number of hydrogen-bond acceptors (Lipinski definition) is 4. The van der Waals surface area contributed by atoms with Gasteiger partial charge in [-0.3, -0.25) is 4.79 Å². The van der Waals surface area contributed by atoms with Gasteiger partial charge in [0.15, 0.2) is 5.69 Å². The maximum absolute atomic E-state index is 11.5. The zero-order valence-electron chi connectivity index (χ0n) is 11.0. The predicted octanol–water partition coefficient (Wildman–Crippen LogP) is 2.03. The molecule has 1 aliphatic heterocycles. The van der Waals surface area contributed by atoms with Gasteiger partial charge in [-0.2, -0.15) is 5.26 Å². The molecule has 1 fully saturated rings. The number of hydrogen-bond donors (Lipinski definition) is 1.